The first kappa shape index (κ1) is 12.5. The maximum atomic E-state index is 12.0. The van der Waals surface area contributed by atoms with Crippen LogP contribution in [0.2, 0.25) is 0 Å². The number of carboxylic acids is 1. The predicted octanol–water partition coefficient (Wildman–Crippen LogP) is -0.143. The lowest BCUT2D eigenvalue weighted by atomic mass is 10.1. The average molecular weight is 249 g/mol. The van der Waals surface area contributed by atoms with Gasteiger partial charge < -0.3 is 15.3 Å². The highest BCUT2D eigenvalue weighted by molar-refractivity contribution is 5.86. The number of carbonyl (C=O) groups excluding carboxylic acids is 1. The van der Waals surface area contributed by atoms with Crippen LogP contribution in [0.25, 0.3) is 0 Å². The molecule has 0 radical (unpaired) electrons. The largest absolute Gasteiger partial charge is 0.481 e. The van der Waals surface area contributed by atoms with Crippen molar-refractivity contribution >= 4 is 11.9 Å². The molecule has 2 heterocycles. The molecule has 1 atom stereocenters. The highest BCUT2D eigenvalue weighted by atomic mass is 16.4. The second-order valence-corrected chi connectivity index (χ2v) is 4.23. The number of carbonyl (C=O) groups is 2. The molecule has 1 aromatic rings. The van der Waals surface area contributed by atoms with Crippen molar-refractivity contribution in [2.24, 2.45) is 0 Å². The molecular formula is C12H15N3O3. The van der Waals surface area contributed by atoms with E-state index < -0.39 is 12.0 Å². The average Bonchev–Trinajstić information content (AvgIpc) is 2.35. The van der Waals surface area contributed by atoms with Crippen molar-refractivity contribution in [3.63, 3.8) is 0 Å². The number of piperazine rings is 1. The van der Waals surface area contributed by atoms with Crippen LogP contribution in [0, 0.1) is 0 Å². The highest BCUT2D eigenvalue weighted by Crippen LogP contribution is 2.09. The lowest BCUT2D eigenvalue weighted by Crippen LogP contribution is -2.55. The Balaban J connectivity index is 2.00. The molecular weight excluding hydrogens is 234 g/mol. The molecule has 1 unspecified atom stereocenters. The molecule has 2 N–H and O–H groups in total. The fourth-order valence-electron chi connectivity index (χ4n) is 1.99. The number of rotatable bonds is 4. The summed E-state index contributed by atoms with van der Waals surface area (Å²) in [4.78, 5) is 28.4. The Labute approximate surface area is 105 Å². The molecule has 0 aromatic carbocycles. The molecule has 1 saturated heterocycles. The van der Waals surface area contributed by atoms with Crippen molar-refractivity contribution in [2.45, 2.75) is 19.0 Å². The van der Waals surface area contributed by atoms with E-state index in [4.69, 9.17) is 5.11 Å². The van der Waals surface area contributed by atoms with Crippen molar-refractivity contribution in [1.29, 1.82) is 0 Å². The lowest BCUT2D eigenvalue weighted by Gasteiger charge is -2.32. The maximum Gasteiger partial charge on any atom is 0.305 e. The summed E-state index contributed by atoms with van der Waals surface area (Å²) in [5.41, 5.74) is 0.946. The number of aromatic nitrogens is 1. The summed E-state index contributed by atoms with van der Waals surface area (Å²) >= 11 is 0. The third-order valence-electron chi connectivity index (χ3n) is 2.86. The standard InChI is InChI=1S/C12H15N3O3/c16-11(17)6-10-12(18)15(5-4-14-10)8-9-2-1-3-13-7-9/h1-3,7,10,14H,4-6,8H2,(H,16,17). The maximum absolute atomic E-state index is 12.0. The van der Waals surface area contributed by atoms with Gasteiger partial charge in [-0.15, -0.1) is 0 Å². The molecule has 1 aromatic heterocycles. The van der Waals surface area contributed by atoms with Gasteiger partial charge in [0.05, 0.1) is 12.5 Å². The van der Waals surface area contributed by atoms with Crippen LogP contribution in [0.15, 0.2) is 24.5 Å². The molecule has 2 rings (SSSR count). The summed E-state index contributed by atoms with van der Waals surface area (Å²) < 4.78 is 0. The Morgan fingerprint density at radius 2 is 2.44 bits per heavy atom. The van der Waals surface area contributed by atoms with Gasteiger partial charge in [0.15, 0.2) is 0 Å². The van der Waals surface area contributed by atoms with Gasteiger partial charge in [-0.05, 0) is 11.6 Å². The van der Waals surface area contributed by atoms with E-state index in [1.165, 1.54) is 0 Å². The van der Waals surface area contributed by atoms with Crippen LogP contribution in [0.1, 0.15) is 12.0 Å². The van der Waals surface area contributed by atoms with Gasteiger partial charge in [0.1, 0.15) is 0 Å². The van der Waals surface area contributed by atoms with Gasteiger partial charge in [0.2, 0.25) is 5.91 Å². The second-order valence-electron chi connectivity index (χ2n) is 4.23. The number of amides is 1. The predicted molar refractivity (Wildman–Crippen MR) is 63.7 cm³/mol. The van der Waals surface area contributed by atoms with E-state index in [0.717, 1.165) is 5.56 Å². The van der Waals surface area contributed by atoms with E-state index in [1.807, 2.05) is 12.1 Å². The van der Waals surface area contributed by atoms with Crippen LogP contribution in [-0.2, 0) is 16.1 Å². The quantitative estimate of drug-likeness (QED) is 0.776. The monoisotopic (exact) mass is 249 g/mol. The topological polar surface area (TPSA) is 82.5 Å². The smallest absolute Gasteiger partial charge is 0.305 e. The molecule has 1 amide bonds. The Bertz CT molecular complexity index is 435. The minimum Gasteiger partial charge on any atom is -0.481 e. The van der Waals surface area contributed by atoms with Crippen LogP contribution in [0.5, 0.6) is 0 Å². The van der Waals surface area contributed by atoms with Crippen molar-refractivity contribution in [3.05, 3.63) is 30.1 Å². The van der Waals surface area contributed by atoms with Gasteiger partial charge in [0.25, 0.3) is 0 Å². The van der Waals surface area contributed by atoms with Crippen molar-refractivity contribution in [1.82, 2.24) is 15.2 Å². The Morgan fingerprint density at radius 1 is 1.61 bits per heavy atom. The number of carboxylic acid groups (broad SMARTS) is 1. The summed E-state index contributed by atoms with van der Waals surface area (Å²) in [6.07, 6.45) is 3.21. The molecule has 1 aliphatic heterocycles. The van der Waals surface area contributed by atoms with Gasteiger partial charge >= 0.3 is 5.97 Å². The third kappa shape index (κ3) is 3.04. The third-order valence-corrected chi connectivity index (χ3v) is 2.86. The fraction of sp³-hybridized carbons (Fsp3) is 0.417. The van der Waals surface area contributed by atoms with E-state index in [0.29, 0.717) is 19.6 Å². The van der Waals surface area contributed by atoms with Gasteiger partial charge in [-0.3, -0.25) is 14.6 Å². The van der Waals surface area contributed by atoms with Crippen LogP contribution < -0.4 is 5.32 Å². The summed E-state index contributed by atoms with van der Waals surface area (Å²) in [5, 5.41) is 11.7. The fourth-order valence-corrected chi connectivity index (χ4v) is 1.99. The zero-order chi connectivity index (χ0) is 13.0. The number of nitrogens with zero attached hydrogens (tertiary/aromatic N) is 2. The minimum atomic E-state index is -0.968. The van der Waals surface area contributed by atoms with Crippen molar-refractivity contribution < 1.29 is 14.7 Å². The first-order valence-corrected chi connectivity index (χ1v) is 5.79. The van der Waals surface area contributed by atoms with Crippen molar-refractivity contribution in [2.75, 3.05) is 13.1 Å². The molecule has 6 heteroatoms. The first-order valence-electron chi connectivity index (χ1n) is 5.79. The zero-order valence-corrected chi connectivity index (χ0v) is 9.87. The van der Waals surface area contributed by atoms with Gasteiger partial charge in [-0.2, -0.15) is 0 Å². The molecule has 0 saturated carbocycles. The van der Waals surface area contributed by atoms with Gasteiger partial charge in [-0.1, -0.05) is 6.07 Å². The zero-order valence-electron chi connectivity index (χ0n) is 9.87. The number of nitrogens with one attached hydrogen (secondary N) is 1. The SMILES string of the molecule is O=C(O)CC1NCCN(Cc2cccnc2)C1=O. The van der Waals surface area contributed by atoms with Crippen LogP contribution in [0.4, 0.5) is 0 Å². The molecule has 96 valence electrons. The summed E-state index contributed by atoms with van der Waals surface area (Å²) in [6, 6.07) is 3.10. The molecule has 18 heavy (non-hydrogen) atoms. The number of hydrogen-bond donors (Lipinski definition) is 2. The Kier molecular flexibility index (Phi) is 3.88. The molecule has 1 aliphatic rings. The van der Waals surface area contributed by atoms with E-state index in [-0.39, 0.29) is 12.3 Å². The Hall–Kier alpha value is -1.95. The lowest BCUT2D eigenvalue weighted by molar-refractivity contribution is -0.144. The molecule has 0 spiro atoms. The summed E-state index contributed by atoms with van der Waals surface area (Å²) in [6.45, 7) is 1.68. The minimum absolute atomic E-state index is 0.160. The molecule has 1 fully saturated rings. The Morgan fingerprint density at radius 3 is 3.11 bits per heavy atom. The van der Waals surface area contributed by atoms with E-state index >= 15 is 0 Å². The van der Waals surface area contributed by atoms with E-state index in [9.17, 15) is 9.59 Å². The molecule has 6 nitrogen and oxygen atoms in total. The van der Waals surface area contributed by atoms with Crippen LogP contribution >= 0.6 is 0 Å². The highest BCUT2D eigenvalue weighted by Gasteiger charge is 2.29. The van der Waals surface area contributed by atoms with Crippen LogP contribution in [-0.4, -0.2) is 46.0 Å². The first-order chi connectivity index (χ1) is 8.66. The number of pyridine rings is 1. The second kappa shape index (κ2) is 5.59. The molecule has 0 bridgehead atoms. The molecule has 0 aliphatic carbocycles. The van der Waals surface area contributed by atoms with E-state index in [1.54, 1.807) is 17.3 Å². The normalized spacial score (nSPS) is 19.9. The number of aliphatic carboxylic acids is 1. The van der Waals surface area contributed by atoms with Gasteiger partial charge in [0, 0.05) is 32.0 Å². The summed E-state index contributed by atoms with van der Waals surface area (Å²) in [5.74, 6) is -1.13. The number of hydrogen-bond acceptors (Lipinski definition) is 4. The van der Waals surface area contributed by atoms with Crippen molar-refractivity contribution in [3.8, 4) is 0 Å². The van der Waals surface area contributed by atoms with E-state index in [2.05, 4.69) is 10.3 Å². The summed E-state index contributed by atoms with van der Waals surface area (Å²) in [7, 11) is 0. The van der Waals surface area contributed by atoms with Gasteiger partial charge in [-0.25, -0.2) is 0 Å². The van der Waals surface area contributed by atoms with Crippen LogP contribution in [0.3, 0.4) is 0 Å².